The zero-order valence-corrected chi connectivity index (χ0v) is 18.7. The first-order valence-electron chi connectivity index (χ1n) is 11.0. The third kappa shape index (κ3) is 4.10. The molecule has 3 rings (SSSR count). The first-order chi connectivity index (χ1) is 14.4. The van der Waals surface area contributed by atoms with Crippen LogP contribution in [0.4, 0.5) is 4.79 Å². The molecule has 1 fully saturated rings. The molecule has 0 radical (unpaired) electrons. The van der Waals surface area contributed by atoms with Crippen LogP contribution in [0, 0.1) is 6.92 Å². The summed E-state index contributed by atoms with van der Waals surface area (Å²) in [4.78, 5) is 25.6. The number of amides is 1. The quantitative estimate of drug-likeness (QED) is 0.695. The van der Waals surface area contributed by atoms with E-state index in [4.69, 9.17) is 14.2 Å². The fourth-order valence-corrected chi connectivity index (χ4v) is 4.74. The van der Waals surface area contributed by atoms with E-state index in [1.807, 2.05) is 6.92 Å². The summed E-state index contributed by atoms with van der Waals surface area (Å²) in [5.74, 6) is 0.217. The monoisotopic (exact) mass is 415 g/mol. The van der Waals surface area contributed by atoms with Gasteiger partial charge < -0.3 is 19.5 Å². The first kappa shape index (κ1) is 22.3. The van der Waals surface area contributed by atoms with Gasteiger partial charge in [0, 0.05) is 7.11 Å². The minimum Gasteiger partial charge on any atom is -0.434 e. The van der Waals surface area contributed by atoms with Gasteiger partial charge >= 0.3 is 6.16 Å². The zero-order valence-electron chi connectivity index (χ0n) is 18.7. The Morgan fingerprint density at radius 1 is 1.17 bits per heavy atom. The molecule has 0 unspecified atom stereocenters. The molecule has 1 aromatic carbocycles. The van der Waals surface area contributed by atoms with Crippen LogP contribution in [0.2, 0.25) is 0 Å². The van der Waals surface area contributed by atoms with Gasteiger partial charge in [0.05, 0.1) is 23.8 Å². The van der Waals surface area contributed by atoms with Crippen molar-refractivity contribution < 1.29 is 23.8 Å². The molecular weight excluding hydrogens is 382 g/mol. The third-order valence-electron chi connectivity index (χ3n) is 6.32. The van der Waals surface area contributed by atoms with Crippen molar-refractivity contribution in [3.63, 3.8) is 0 Å². The molecule has 0 atom stereocenters. The lowest BCUT2D eigenvalue weighted by molar-refractivity contribution is -0.116. The zero-order chi connectivity index (χ0) is 21.9. The Morgan fingerprint density at radius 3 is 2.43 bits per heavy atom. The molecule has 1 aromatic rings. The molecule has 6 heteroatoms. The van der Waals surface area contributed by atoms with E-state index < -0.39 is 11.7 Å². The molecule has 6 nitrogen and oxygen atoms in total. The van der Waals surface area contributed by atoms with Crippen LogP contribution < -0.4 is 5.32 Å². The predicted octanol–water partition coefficient (Wildman–Crippen LogP) is 4.46. The molecule has 1 spiro atoms. The van der Waals surface area contributed by atoms with Gasteiger partial charge in [-0.2, -0.15) is 0 Å². The van der Waals surface area contributed by atoms with Crippen molar-refractivity contribution in [2.75, 3.05) is 13.7 Å². The van der Waals surface area contributed by atoms with E-state index in [0.717, 1.165) is 42.4 Å². The molecule has 1 aliphatic heterocycles. The van der Waals surface area contributed by atoms with E-state index in [1.54, 1.807) is 14.0 Å². The number of benzene rings is 1. The highest BCUT2D eigenvalue weighted by Crippen LogP contribution is 2.45. The molecule has 1 aliphatic carbocycles. The molecule has 1 N–H and O–H groups in total. The standard InChI is InChI=1S/C24H33NO5/c1-6-16-13-15(4)19(17(7-2)14-16)20-21(30-23(27)29-8-3)24(25-22(20)26)11-9-18(28-5)10-12-24/h13-14,18H,6-12H2,1-5H3,(H,25,26). The Kier molecular flexibility index (Phi) is 6.86. The van der Waals surface area contributed by atoms with E-state index in [9.17, 15) is 9.59 Å². The predicted molar refractivity (Wildman–Crippen MR) is 115 cm³/mol. The first-order valence-corrected chi connectivity index (χ1v) is 11.0. The number of methoxy groups -OCH3 is 1. The minimum absolute atomic E-state index is 0.150. The number of nitrogens with one attached hydrogen (secondary N) is 1. The second kappa shape index (κ2) is 9.21. The van der Waals surface area contributed by atoms with Crippen LogP contribution in [0.5, 0.6) is 0 Å². The SMILES string of the molecule is CCOC(=O)OC1=C(c2c(C)cc(CC)cc2CC)C(=O)NC12CCC(OC)CC2. The Balaban J connectivity index is 2.16. The van der Waals surface area contributed by atoms with Crippen LogP contribution in [0.25, 0.3) is 5.57 Å². The number of hydrogen-bond acceptors (Lipinski definition) is 5. The van der Waals surface area contributed by atoms with Crippen LogP contribution in [-0.2, 0) is 31.8 Å². The largest absolute Gasteiger partial charge is 0.513 e. The minimum atomic E-state index is -0.768. The van der Waals surface area contributed by atoms with Gasteiger partial charge in [0.2, 0.25) is 0 Å². The van der Waals surface area contributed by atoms with Gasteiger partial charge in [0.25, 0.3) is 5.91 Å². The third-order valence-corrected chi connectivity index (χ3v) is 6.32. The number of rotatable bonds is 6. The van der Waals surface area contributed by atoms with Crippen LogP contribution >= 0.6 is 0 Å². The lowest BCUT2D eigenvalue weighted by Gasteiger charge is -2.37. The molecule has 0 bridgehead atoms. The van der Waals surface area contributed by atoms with Gasteiger partial charge in [-0.15, -0.1) is 0 Å². The molecule has 30 heavy (non-hydrogen) atoms. The van der Waals surface area contributed by atoms with Crippen LogP contribution in [0.1, 0.15) is 68.7 Å². The van der Waals surface area contributed by atoms with Crippen molar-refractivity contribution in [3.05, 3.63) is 40.1 Å². The molecule has 1 heterocycles. The molecular formula is C24H33NO5. The van der Waals surface area contributed by atoms with Crippen molar-refractivity contribution in [1.29, 1.82) is 0 Å². The van der Waals surface area contributed by atoms with Gasteiger partial charge in [0.15, 0.2) is 0 Å². The summed E-state index contributed by atoms with van der Waals surface area (Å²) >= 11 is 0. The van der Waals surface area contributed by atoms with Crippen molar-refractivity contribution in [2.24, 2.45) is 0 Å². The molecule has 0 saturated heterocycles. The van der Waals surface area contributed by atoms with Crippen LogP contribution in [0.15, 0.2) is 17.9 Å². The van der Waals surface area contributed by atoms with Crippen molar-refractivity contribution >= 4 is 17.6 Å². The maximum absolute atomic E-state index is 13.3. The number of carbonyl (C=O) groups is 2. The number of ether oxygens (including phenoxy) is 3. The highest BCUT2D eigenvalue weighted by atomic mass is 16.7. The Hall–Kier alpha value is -2.34. The van der Waals surface area contributed by atoms with Crippen molar-refractivity contribution in [3.8, 4) is 0 Å². The Bertz CT molecular complexity index is 849. The second-order valence-electron chi connectivity index (χ2n) is 8.11. The molecule has 1 amide bonds. The second-order valence-corrected chi connectivity index (χ2v) is 8.11. The van der Waals surface area contributed by atoms with E-state index >= 15 is 0 Å². The highest BCUT2D eigenvalue weighted by Gasteiger charge is 2.50. The summed E-state index contributed by atoms with van der Waals surface area (Å²) in [6, 6.07) is 4.26. The number of aryl methyl sites for hydroxylation is 3. The van der Waals surface area contributed by atoms with Gasteiger partial charge in [-0.1, -0.05) is 26.0 Å². The topological polar surface area (TPSA) is 73.9 Å². The van der Waals surface area contributed by atoms with Crippen molar-refractivity contribution in [2.45, 2.75) is 77.9 Å². The van der Waals surface area contributed by atoms with Gasteiger partial charge in [-0.05, 0) is 74.6 Å². The molecule has 0 aromatic heterocycles. The van der Waals surface area contributed by atoms with E-state index in [2.05, 4.69) is 31.3 Å². The summed E-state index contributed by atoms with van der Waals surface area (Å²) in [7, 11) is 1.71. The van der Waals surface area contributed by atoms with Crippen LogP contribution in [-0.4, -0.2) is 37.4 Å². The lowest BCUT2D eigenvalue weighted by atomic mass is 9.78. The number of carbonyl (C=O) groups excluding carboxylic acids is 2. The fraction of sp³-hybridized carbons (Fsp3) is 0.583. The number of hydrogen-bond donors (Lipinski definition) is 1. The lowest BCUT2D eigenvalue weighted by Crippen LogP contribution is -2.49. The maximum atomic E-state index is 13.3. The van der Waals surface area contributed by atoms with Gasteiger partial charge in [0.1, 0.15) is 5.76 Å². The average Bonchev–Trinajstić information content (AvgIpc) is 2.98. The summed E-state index contributed by atoms with van der Waals surface area (Å²) in [6.07, 6.45) is 3.97. The van der Waals surface area contributed by atoms with Crippen LogP contribution in [0.3, 0.4) is 0 Å². The van der Waals surface area contributed by atoms with E-state index in [0.29, 0.717) is 24.2 Å². The fourth-order valence-electron chi connectivity index (χ4n) is 4.74. The van der Waals surface area contributed by atoms with Crippen molar-refractivity contribution in [1.82, 2.24) is 5.32 Å². The summed E-state index contributed by atoms with van der Waals surface area (Å²) in [5.41, 5.74) is 3.98. The molecule has 1 saturated carbocycles. The summed E-state index contributed by atoms with van der Waals surface area (Å²) in [6.45, 7) is 8.16. The normalized spacial score (nSPS) is 23.6. The highest BCUT2D eigenvalue weighted by molar-refractivity contribution is 6.24. The van der Waals surface area contributed by atoms with E-state index in [-0.39, 0.29) is 18.6 Å². The average molecular weight is 416 g/mol. The molecule has 2 aliphatic rings. The smallest absolute Gasteiger partial charge is 0.434 e. The Morgan fingerprint density at radius 2 is 1.87 bits per heavy atom. The summed E-state index contributed by atoms with van der Waals surface area (Å²) < 4.78 is 16.3. The summed E-state index contributed by atoms with van der Waals surface area (Å²) in [5, 5.41) is 3.17. The maximum Gasteiger partial charge on any atom is 0.513 e. The van der Waals surface area contributed by atoms with E-state index in [1.165, 1.54) is 5.56 Å². The Labute approximate surface area is 179 Å². The van der Waals surface area contributed by atoms with Gasteiger partial charge in [-0.3, -0.25) is 4.79 Å². The van der Waals surface area contributed by atoms with Gasteiger partial charge in [-0.25, -0.2) is 4.79 Å². The molecule has 164 valence electrons.